The summed E-state index contributed by atoms with van der Waals surface area (Å²) in [6.07, 6.45) is 7.39. The minimum atomic E-state index is -0.397. The van der Waals surface area contributed by atoms with Crippen LogP contribution in [0.2, 0.25) is 12.6 Å². The van der Waals surface area contributed by atoms with Crippen molar-refractivity contribution in [1.29, 1.82) is 0 Å². The third-order valence-corrected chi connectivity index (χ3v) is 5.05. The van der Waals surface area contributed by atoms with Crippen molar-refractivity contribution < 1.29 is 13.9 Å². The third-order valence-electron chi connectivity index (χ3n) is 5.05. The molecule has 1 amide bonds. The number of amidine groups is 1. The summed E-state index contributed by atoms with van der Waals surface area (Å²) in [6.45, 7) is 7.51. The summed E-state index contributed by atoms with van der Waals surface area (Å²) in [7, 11) is 3.97. The molecule has 7 heteroatoms. The van der Waals surface area contributed by atoms with Gasteiger partial charge in [-0.25, -0.2) is 9.98 Å². The first-order chi connectivity index (χ1) is 13.5. The summed E-state index contributed by atoms with van der Waals surface area (Å²) in [4.78, 5) is 21.1. The van der Waals surface area contributed by atoms with Gasteiger partial charge in [-0.3, -0.25) is 4.79 Å². The second-order valence-electron chi connectivity index (χ2n) is 6.88. The largest absolute Gasteiger partial charge is 0.494 e. The van der Waals surface area contributed by atoms with Gasteiger partial charge >= 0.3 is 0 Å². The highest BCUT2D eigenvalue weighted by atomic mass is 16.5. The molecular formula is C21H25BN3O3. The van der Waals surface area contributed by atoms with Gasteiger partial charge in [0.15, 0.2) is 11.6 Å². The Balaban J connectivity index is 1.92. The Morgan fingerprint density at radius 1 is 1.39 bits per heavy atom. The van der Waals surface area contributed by atoms with Gasteiger partial charge in [0, 0.05) is 6.92 Å². The van der Waals surface area contributed by atoms with E-state index in [9.17, 15) is 4.79 Å². The Morgan fingerprint density at radius 3 is 2.75 bits per heavy atom. The fourth-order valence-electron chi connectivity index (χ4n) is 3.57. The average Bonchev–Trinajstić information content (AvgIpc) is 3.15. The van der Waals surface area contributed by atoms with Crippen LogP contribution in [0.25, 0.3) is 0 Å². The Hall–Kier alpha value is -2.83. The lowest BCUT2D eigenvalue weighted by Gasteiger charge is -2.24. The molecule has 6 nitrogen and oxygen atoms in total. The number of nitrogens with one attached hydrogen (secondary N) is 1. The maximum atomic E-state index is 12.4. The van der Waals surface area contributed by atoms with E-state index in [0.29, 0.717) is 29.1 Å². The maximum Gasteiger partial charge on any atom is 0.278 e. The second-order valence-corrected chi connectivity index (χ2v) is 6.88. The molecule has 2 aromatic rings. The number of amides is 1. The van der Waals surface area contributed by atoms with Crippen molar-refractivity contribution in [2.45, 2.75) is 45.2 Å². The minimum absolute atomic E-state index is 0.197. The number of carbonyl (C=O) groups is 1. The molecule has 0 bridgehead atoms. The van der Waals surface area contributed by atoms with Crippen LogP contribution >= 0.6 is 0 Å². The SMILES string of the molecule is C=CC(=Nc1c(OC)ccc(C2CC[B]CC2)c1C)NC(=O)c1coc(C)n1. The number of aryl methyl sites for hydroxylation is 1. The van der Waals surface area contributed by atoms with E-state index in [1.54, 1.807) is 14.0 Å². The summed E-state index contributed by atoms with van der Waals surface area (Å²) in [5.74, 6) is 1.55. The molecule has 3 rings (SSSR count). The summed E-state index contributed by atoms with van der Waals surface area (Å²) in [5.41, 5.74) is 3.26. The number of ether oxygens (including phenoxy) is 1. The molecule has 0 aliphatic carbocycles. The molecule has 1 aliphatic heterocycles. The quantitative estimate of drug-likeness (QED) is 0.476. The first-order valence-corrected chi connectivity index (χ1v) is 9.47. The fraction of sp³-hybridized carbons (Fsp3) is 0.381. The van der Waals surface area contributed by atoms with Crippen LogP contribution in [-0.2, 0) is 0 Å². The van der Waals surface area contributed by atoms with E-state index in [-0.39, 0.29) is 5.69 Å². The number of nitrogens with zero attached hydrogens (tertiary/aromatic N) is 2. The fourth-order valence-corrected chi connectivity index (χ4v) is 3.57. The number of oxazole rings is 1. The van der Waals surface area contributed by atoms with E-state index >= 15 is 0 Å². The molecule has 1 saturated heterocycles. The van der Waals surface area contributed by atoms with E-state index in [0.717, 1.165) is 31.0 Å². The summed E-state index contributed by atoms with van der Waals surface area (Å²) in [6, 6.07) is 4.08. The second kappa shape index (κ2) is 8.91. The van der Waals surface area contributed by atoms with Gasteiger partial charge < -0.3 is 14.5 Å². The molecule has 0 spiro atoms. The molecule has 1 N–H and O–H groups in total. The van der Waals surface area contributed by atoms with E-state index in [4.69, 9.17) is 9.15 Å². The topological polar surface area (TPSA) is 76.7 Å². The molecular weight excluding hydrogens is 353 g/mol. The highest BCUT2D eigenvalue weighted by Gasteiger charge is 2.21. The molecule has 0 atom stereocenters. The van der Waals surface area contributed by atoms with Crippen LogP contribution < -0.4 is 10.1 Å². The molecule has 1 radical (unpaired) electrons. The molecule has 0 unspecified atom stereocenters. The normalized spacial score (nSPS) is 15.0. The minimum Gasteiger partial charge on any atom is -0.494 e. The molecule has 1 aromatic heterocycles. The van der Waals surface area contributed by atoms with Crippen molar-refractivity contribution in [2.24, 2.45) is 4.99 Å². The number of hydrogen-bond donors (Lipinski definition) is 1. The predicted octanol–water partition coefficient (Wildman–Crippen LogP) is 4.36. The van der Waals surface area contributed by atoms with Crippen LogP contribution in [0.15, 0.2) is 40.5 Å². The lowest BCUT2D eigenvalue weighted by Crippen LogP contribution is -2.29. The van der Waals surface area contributed by atoms with Crippen LogP contribution in [0.3, 0.4) is 0 Å². The van der Waals surface area contributed by atoms with Gasteiger partial charge in [-0.05, 0) is 36.1 Å². The molecule has 145 valence electrons. The van der Waals surface area contributed by atoms with Gasteiger partial charge in [-0.2, -0.15) is 0 Å². The van der Waals surface area contributed by atoms with E-state index in [1.807, 2.05) is 6.07 Å². The lowest BCUT2D eigenvalue weighted by molar-refractivity contribution is 0.0972. The van der Waals surface area contributed by atoms with Gasteiger partial charge in [0.2, 0.25) is 0 Å². The smallest absolute Gasteiger partial charge is 0.278 e. The number of carbonyl (C=O) groups excluding carboxylic acids is 1. The zero-order valence-electron chi connectivity index (χ0n) is 16.6. The lowest BCUT2D eigenvalue weighted by atomic mass is 9.60. The number of aromatic nitrogens is 1. The van der Waals surface area contributed by atoms with E-state index in [1.165, 1.54) is 17.9 Å². The Bertz CT molecular complexity index is 898. The van der Waals surface area contributed by atoms with E-state index in [2.05, 4.69) is 42.1 Å². The highest BCUT2D eigenvalue weighted by Crippen LogP contribution is 2.40. The van der Waals surface area contributed by atoms with Gasteiger partial charge in [-0.15, -0.1) is 0 Å². The van der Waals surface area contributed by atoms with Crippen molar-refractivity contribution in [3.63, 3.8) is 0 Å². The maximum absolute atomic E-state index is 12.4. The third kappa shape index (κ3) is 4.35. The highest BCUT2D eigenvalue weighted by molar-refractivity contribution is 6.35. The van der Waals surface area contributed by atoms with Crippen LogP contribution in [-0.4, -0.2) is 31.1 Å². The van der Waals surface area contributed by atoms with Crippen molar-refractivity contribution >= 4 is 24.7 Å². The molecule has 2 heterocycles. The van der Waals surface area contributed by atoms with Crippen LogP contribution in [0.1, 0.15) is 46.3 Å². The van der Waals surface area contributed by atoms with Crippen molar-refractivity contribution in [1.82, 2.24) is 10.3 Å². The predicted molar refractivity (Wildman–Crippen MR) is 111 cm³/mol. The molecule has 0 saturated carbocycles. The number of rotatable bonds is 5. The first kappa shape index (κ1) is 19.9. The summed E-state index contributed by atoms with van der Waals surface area (Å²) < 4.78 is 10.6. The average molecular weight is 378 g/mol. The van der Waals surface area contributed by atoms with Gasteiger partial charge in [0.05, 0.1) is 7.11 Å². The monoisotopic (exact) mass is 378 g/mol. The van der Waals surface area contributed by atoms with Crippen LogP contribution in [0.4, 0.5) is 5.69 Å². The van der Waals surface area contributed by atoms with Gasteiger partial charge in [0.1, 0.15) is 30.8 Å². The van der Waals surface area contributed by atoms with Crippen LogP contribution in [0, 0.1) is 13.8 Å². The van der Waals surface area contributed by atoms with Gasteiger partial charge in [0.25, 0.3) is 5.91 Å². The standard InChI is InChI=1S/C21H25BN3O3/c1-5-19(25-21(26)17-12-28-14(3)23-17)24-20-13(2)16(6-7-18(20)27-4)15-8-10-22-11-9-15/h5-7,12,15H,1,8-11H2,2-4H3,(H,24,25,26). The van der Waals surface area contributed by atoms with Crippen LogP contribution in [0.5, 0.6) is 5.75 Å². The zero-order chi connectivity index (χ0) is 20.1. The number of hydrogen-bond acceptors (Lipinski definition) is 5. The van der Waals surface area contributed by atoms with Gasteiger partial charge in [-0.1, -0.05) is 38.1 Å². The molecule has 28 heavy (non-hydrogen) atoms. The number of aliphatic imine (C=N–C) groups is 1. The van der Waals surface area contributed by atoms with E-state index < -0.39 is 5.91 Å². The Morgan fingerprint density at radius 2 is 2.14 bits per heavy atom. The Labute approximate surface area is 166 Å². The molecule has 1 aliphatic rings. The number of methoxy groups -OCH3 is 1. The molecule has 1 fully saturated rings. The Kier molecular flexibility index (Phi) is 6.34. The van der Waals surface area contributed by atoms with Crippen molar-refractivity contribution in [2.75, 3.05) is 7.11 Å². The van der Waals surface area contributed by atoms with Crippen molar-refractivity contribution in [3.8, 4) is 5.75 Å². The summed E-state index contributed by atoms with van der Waals surface area (Å²) in [5, 5.41) is 2.73. The number of benzene rings is 1. The first-order valence-electron chi connectivity index (χ1n) is 9.47. The zero-order valence-corrected chi connectivity index (χ0v) is 16.6. The summed E-state index contributed by atoms with van der Waals surface area (Å²) >= 11 is 0. The van der Waals surface area contributed by atoms with Crippen molar-refractivity contribution in [3.05, 3.63) is 53.8 Å². The molecule has 1 aromatic carbocycles.